The van der Waals surface area contributed by atoms with Crippen LogP contribution in [0.2, 0.25) is 0 Å². The molecule has 0 unspecified atom stereocenters. The molecular weight excluding hydrogens is 222 g/mol. The van der Waals surface area contributed by atoms with Crippen LogP contribution in [0, 0.1) is 5.92 Å². The van der Waals surface area contributed by atoms with E-state index in [9.17, 15) is 0 Å². The van der Waals surface area contributed by atoms with Crippen molar-refractivity contribution in [2.75, 3.05) is 25.0 Å². The highest BCUT2D eigenvalue weighted by Gasteiger charge is 2.18. The van der Waals surface area contributed by atoms with Crippen LogP contribution in [-0.2, 0) is 6.54 Å². The number of nitrogens with zero attached hydrogens (tertiary/aromatic N) is 2. The van der Waals surface area contributed by atoms with Crippen molar-refractivity contribution in [1.82, 2.24) is 10.3 Å². The highest BCUT2D eigenvalue weighted by Crippen LogP contribution is 2.27. The number of hydrogen-bond donors (Lipinski definition) is 1. The molecule has 0 aliphatic heterocycles. The Balaban J connectivity index is 2.00. The Morgan fingerprint density at radius 1 is 1.39 bits per heavy atom. The van der Waals surface area contributed by atoms with E-state index in [-0.39, 0.29) is 0 Å². The zero-order valence-corrected chi connectivity index (χ0v) is 11.7. The van der Waals surface area contributed by atoms with Gasteiger partial charge in [-0.2, -0.15) is 0 Å². The molecule has 0 bridgehead atoms. The van der Waals surface area contributed by atoms with E-state index in [1.54, 1.807) is 0 Å². The van der Waals surface area contributed by atoms with Crippen LogP contribution in [0.1, 0.15) is 38.2 Å². The van der Waals surface area contributed by atoms with Gasteiger partial charge in [0.15, 0.2) is 0 Å². The minimum atomic E-state index is 0.884. The first-order valence-corrected chi connectivity index (χ1v) is 7.16. The van der Waals surface area contributed by atoms with Gasteiger partial charge in [0, 0.05) is 43.8 Å². The molecule has 0 radical (unpaired) electrons. The first-order chi connectivity index (χ1) is 8.81. The zero-order chi connectivity index (χ0) is 12.8. The van der Waals surface area contributed by atoms with E-state index >= 15 is 0 Å². The van der Waals surface area contributed by atoms with Crippen LogP contribution >= 0.6 is 0 Å². The van der Waals surface area contributed by atoms with Crippen LogP contribution in [0.3, 0.4) is 0 Å². The summed E-state index contributed by atoms with van der Waals surface area (Å²) in [7, 11) is 2.21. The highest BCUT2D eigenvalue weighted by atomic mass is 15.1. The summed E-state index contributed by atoms with van der Waals surface area (Å²) in [5.74, 6) is 0.884. The first kappa shape index (κ1) is 13.3. The molecule has 100 valence electrons. The molecule has 1 aliphatic carbocycles. The Bertz CT molecular complexity index is 359. The van der Waals surface area contributed by atoms with Crippen molar-refractivity contribution in [3.63, 3.8) is 0 Å². The summed E-state index contributed by atoms with van der Waals surface area (Å²) in [4.78, 5) is 6.65. The third kappa shape index (κ3) is 3.45. The van der Waals surface area contributed by atoms with Crippen molar-refractivity contribution in [2.45, 2.75) is 39.2 Å². The Morgan fingerprint density at radius 3 is 2.89 bits per heavy atom. The predicted molar refractivity (Wildman–Crippen MR) is 76.8 cm³/mol. The minimum Gasteiger partial charge on any atom is -0.374 e. The molecule has 0 spiro atoms. The van der Waals surface area contributed by atoms with E-state index in [0.717, 1.165) is 19.0 Å². The van der Waals surface area contributed by atoms with Gasteiger partial charge in [-0.3, -0.25) is 4.98 Å². The van der Waals surface area contributed by atoms with Gasteiger partial charge < -0.3 is 10.2 Å². The van der Waals surface area contributed by atoms with Crippen molar-refractivity contribution >= 4 is 5.69 Å². The number of pyridine rings is 1. The molecule has 18 heavy (non-hydrogen) atoms. The van der Waals surface area contributed by atoms with E-state index in [0.29, 0.717) is 0 Å². The van der Waals surface area contributed by atoms with Crippen LogP contribution in [0.4, 0.5) is 5.69 Å². The van der Waals surface area contributed by atoms with Crippen molar-refractivity contribution in [3.8, 4) is 0 Å². The molecule has 3 nitrogen and oxygen atoms in total. The van der Waals surface area contributed by atoms with Crippen LogP contribution in [0.15, 0.2) is 18.5 Å². The zero-order valence-electron chi connectivity index (χ0n) is 11.7. The molecular formula is C15H25N3. The molecule has 1 N–H and O–H groups in total. The predicted octanol–water partition coefficient (Wildman–Crippen LogP) is 2.82. The van der Waals surface area contributed by atoms with Crippen molar-refractivity contribution in [1.29, 1.82) is 0 Å². The van der Waals surface area contributed by atoms with E-state index < -0.39 is 0 Å². The molecule has 0 atom stereocenters. The van der Waals surface area contributed by atoms with E-state index in [4.69, 9.17) is 0 Å². The Kier molecular flexibility index (Phi) is 5.00. The lowest BCUT2D eigenvalue weighted by Crippen LogP contribution is -2.26. The maximum absolute atomic E-state index is 4.25. The molecule has 1 heterocycles. The topological polar surface area (TPSA) is 28.2 Å². The monoisotopic (exact) mass is 247 g/mol. The maximum Gasteiger partial charge on any atom is 0.0440 e. The van der Waals surface area contributed by atoms with Gasteiger partial charge in [-0.15, -0.1) is 0 Å². The minimum absolute atomic E-state index is 0.884. The van der Waals surface area contributed by atoms with Crippen LogP contribution < -0.4 is 10.2 Å². The second kappa shape index (κ2) is 6.74. The lowest BCUT2D eigenvalue weighted by Gasteiger charge is -2.25. The van der Waals surface area contributed by atoms with Crippen LogP contribution in [-0.4, -0.2) is 25.1 Å². The fourth-order valence-electron chi connectivity index (χ4n) is 2.87. The molecule has 3 heteroatoms. The van der Waals surface area contributed by atoms with Gasteiger partial charge in [-0.1, -0.05) is 19.8 Å². The lowest BCUT2D eigenvalue weighted by atomic mass is 10.1. The fourth-order valence-corrected chi connectivity index (χ4v) is 2.87. The van der Waals surface area contributed by atoms with Gasteiger partial charge in [0.2, 0.25) is 0 Å². The van der Waals surface area contributed by atoms with E-state index in [2.05, 4.69) is 35.2 Å². The van der Waals surface area contributed by atoms with Gasteiger partial charge in [-0.25, -0.2) is 0 Å². The normalized spacial score (nSPS) is 16.1. The number of anilines is 1. The number of nitrogens with one attached hydrogen (secondary N) is 1. The SMILES string of the molecule is CCNCc1cnccc1N(C)CC1CCCC1. The smallest absolute Gasteiger partial charge is 0.0440 e. The van der Waals surface area contributed by atoms with E-state index in [1.807, 2.05) is 12.4 Å². The molecule has 0 amide bonds. The third-order valence-electron chi connectivity index (χ3n) is 3.86. The van der Waals surface area contributed by atoms with Crippen LogP contribution in [0.5, 0.6) is 0 Å². The second-order valence-electron chi connectivity index (χ2n) is 5.32. The maximum atomic E-state index is 4.25. The summed E-state index contributed by atoms with van der Waals surface area (Å²) in [5.41, 5.74) is 2.64. The summed E-state index contributed by atoms with van der Waals surface area (Å²) >= 11 is 0. The molecule has 2 rings (SSSR count). The lowest BCUT2D eigenvalue weighted by molar-refractivity contribution is 0.546. The summed E-state index contributed by atoms with van der Waals surface area (Å²) in [5, 5.41) is 3.39. The summed E-state index contributed by atoms with van der Waals surface area (Å²) in [6.07, 6.45) is 9.52. The van der Waals surface area contributed by atoms with Crippen LogP contribution in [0.25, 0.3) is 0 Å². The molecule has 0 saturated heterocycles. The molecule has 1 saturated carbocycles. The Labute approximate surface area is 111 Å². The molecule has 1 fully saturated rings. The Hall–Kier alpha value is -1.09. The van der Waals surface area contributed by atoms with Crippen molar-refractivity contribution in [3.05, 3.63) is 24.0 Å². The second-order valence-corrected chi connectivity index (χ2v) is 5.32. The third-order valence-corrected chi connectivity index (χ3v) is 3.86. The van der Waals surface area contributed by atoms with Crippen molar-refractivity contribution < 1.29 is 0 Å². The standard InChI is InChI=1S/C15H25N3/c1-3-16-10-14-11-17-9-8-15(14)18(2)12-13-6-4-5-7-13/h8-9,11,13,16H,3-7,10,12H2,1-2H3. The quantitative estimate of drug-likeness (QED) is 0.838. The fraction of sp³-hybridized carbons (Fsp3) is 0.667. The van der Waals surface area contributed by atoms with Gasteiger partial charge in [-0.05, 0) is 31.4 Å². The molecule has 1 aliphatic rings. The average Bonchev–Trinajstić information content (AvgIpc) is 2.89. The number of rotatable bonds is 6. The Morgan fingerprint density at radius 2 is 2.17 bits per heavy atom. The highest BCUT2D eigenvalue weighted by molar-refractivity contribution is 5.51. The average molecular weight is 247 g/mol. The molecule has 1 aromatic heterocycles. The van der Waals surface area contributed by atoms with E-state index in [1.165, 1.54) is 43.5 Å². The molecule has 1 aromatic rings. The summed E-state index contributed by atoms with van der Waals surface area (Å²) < 4.78 is 0. The summed E-state index contributed by atoms with van der Waals surface area (Å²) in [6, 6.07) is 2.14. The van der Waals surface area contributed by atoms with Crippen molar-refractivity contribution in [2.24, 2.45) is 5.92 Å². The number of aromatic nitrogens is 1. The van der Waals surface area contributed by atoms with Gasteiger partial charge in [0.1, 0.15) is 0 Å². The van der Waals surface area contributed by atoms with Gasteiger partial charge in [0.25, 0.3) is 0 Å². The summed E-state index contributed by atoms with van der Waals surface area (Å²) in [6.45, 7) is 5.23. The van der Waals surface area contributed by atoms with Gasteiger partial charge >= 0.3 is 0 Å². The van der Waals surface area contributed by atoms with Gasteiger partial charge in [0.05, 0.1) is 0 Å². The largest absolute Gasteiger partial charge is 0.374 e. The molecule has 0 aromatic carbocycles. The first-order valence-electron chi connectivity index (χ1n) is 7.16. The number of hydrogen-bond acceptors (Lipinski definition) is 3.